The molecule has 0 atom stereocenters. The van der Waals surface area contributed by atoms with Gasteiger partial charge < -0.3 is 10.1 Å². The molecule has 188 valence electrons. The molecule has 1 aliphatic heterocycles. The van der Waals surface area contributed by atoms with Crippen LogP contribution in [0.25, 0.3) is 0 Å². The smallest absolute Gasteiger partial charge is 0.278 e. The lowest BCUT2D eigenvalue weighted by atomic mass is 9.84. The molecule has 2 aromatic heterocycles. The number of aryl methyl sites for hydroxylation is 1. The van der Waals surface area contributed by atoms with Crippen LogP contribution < -0.4 is 10.1 Å². The molecule has 11 heteroatoms. The number of amides is 1. The van der Waals surface area contributed by atoms with Gasteiger partial charge in [0.25, 0.3) is 11.1 Å². The number of aromatic nitrogens is 3. The normalized spacial score (nSPS) is 21.3. The second-order valence-electron chi connectivity index (χ2n) is 9.43. The van der Waals surface area contributed by atoms with Gasteiger partial charge in [0.2, 0.25) is 5.91 Å². The third kappa shape index (κ3) is 7.39. The zero-order valence-electron chi connectivity index (χ0n) is 19.8. The van der Waals surface area contributed by atoms with Crippen molar-refractivity contribution in [1.82, 2.24) is 25.4 Å². The van der Waals surface area contributed by atoms with Gasteiger partial charge in [0.05, 0.1) is 12.1 Å². The average Bonchev–Trinajstić information content (AvgIpc) is 3.42. The van der Waals surface area contributed by atoms with Crippen molar-refractivity contribution in [2.24, 2.45) is 5.92 Å². The molecule has 1 saturated carbocycles. The standard InChI is InChI=1S/C23H33F2N5O2S2/c1-3-20-28-29-21(34-20)12-19(31)26-16-6-4-15(5-7-16)8-10-30-11-9-18-17(13-30)27-22(33-18)32-14-23(2,24)25/h15-16H,3-14H2,1-2H3,(H,26,31)/t15-,16-. The van der Waals surface area contributed by atoms with Crippen LogP contribution in [0.5, 0.6) is 5.19 Å². The van der Waals surface area contributed by atoms with Crippen LogP contribution in [0.3, 0.4) is 0 Å². The van der Waals surface area contributed by atoms with Crippen molar-refractivity contribution in [2.45, 2.75) is 83.7 Å². The highest BCUT2D eigenvalue weighted by Gasteiger charge is 2.27. The van der Waals surface area contributed by atoms with Gasteiger partial charge in [-0.3, -0.25) is 9.69 Å². The van der Waals surface area contributed by atoms with Crippen molar-refractivity contribution < 1.29 is 18.3 Å². The van der Waals surface area contributed by atoms with Gasteiger partial charge in [-0.15, -0.1) is 21.5 Å². The summed E-state index contributed by atoms with van der Waals surface area (Å²) in [6.07, 6.45) is 7.49. The minimum atomic E-state index is -2.85. The van der Waals surface area contributed by atoms with Crippen LogP contribution >= 0.6 is 22.7 Å². The van der Waals surface area contributed by atoms with E-state index in [0.717, 1.165) is 92.1 Å². The van der Waals surface area contributed by atoms with Crippen LogP contribution in [-0.2, 0) is 30.6 Å². The zero-order chi connectivity index (χ0) is 24.1. The van der Waals surface area contributed by atoms with Crippen LogP contribution in [0.1, 0.15) is 66.5 Å². The molecule has 4 rings (SSSR count). The number of alkyl halides is 2. The summed E-state index contributed by atoms with van der Waals surface area (Å²) < 4.78 is 31.3. The fourth-order valence-electron chi connectivity index (χ4n) is 4.55. The second kappa shape index (κ2) is 11.3. The number of thiazole rings is 1. The first-order valence-corrected chi connectivity index (χ1v) is 13.7. The molecule has 0 spiro atoms. The van der Waals surface area contributed by atoms with Crippen molar-refractivity contribution >= 4 is 28.6 Å². The van der Waals surface area contributed by atoms with Gasteiger partial charge in [0, 0.05) is 30.9 Å². The first-order valence-electron chi connectivity index (χ1n) is 12.1. The van der Waals surface area contributed by atoms with Gasteiger partial charge in [-0.05, 0) is 57.4 Å². The summed E-state index contributed by atoms with van der Waals surface area (Å²) in [6.45, 7) is 5.00. The molecule has 1 N–H and O–H groups in total. The molecule has 1 amide bonds. The highest BCUT2D eigenvalue weighted by atomic mass is 32.1. The minimum Gasteiger partial charge on any atom is -0.464 e. The van der Waals surface area contributed by atoms with E-state index in [1.165, 1.54) is 22.7 Å². The van der Waals surface area contributed by atoms with Gasteiger partial charge >= 0.3 is 0 Å². The van der Waals surface area contributed by atoms with E-state index in [-0.39, 0.29) is 11.9 Å². The number of ether oxygens (including phenoxy) is 1. The maximum absolute atomic E-state index is 13.0. The van der Waals surface area contributed by atoms with Crippen molar-refractivity contribution in [3.05, 3.63) is 20.6 Å². The maximum Gasteiger partial charge on any atom is 0.278 e. The number of hydrogen-bond acceptors (Lipinski definition) is 8. The van der Waals surface area contributed by atoms with Gasteiger partial charge in [0.1, 0.15) is 10.0 Å². The Labute approximate surface area is 207 Å². The van der Waals surface area contributed by atoms with Crippen LogP contribution in [0.4, 0.5) is 8.78 Å². The van der Waals surface area contributed by atoms with Gasteiger partial charge in [-0.1, -0.05) is 18.3 Å². The number of carbonyl (C=O) groups excluding carboxylic acids is 1. The van der Waals surface area contributed by atoms with Crippen LogP contribution in [-0.4, -0.2) is 57.6 Å². The zero-order valence-corrected chi connectivity index (χ0v) is 21.5. The largest absolute Gasteiger partial charge is 0.464 e. The number of nitrogens with one attached hydrogen (secondary N) is 1. The first kappa shape index (κ1) is 25.4. The number of rotatable bonds is 10. The Balaban J connectivity index is 1.14. The molecule has 1 aliphatic carbocycles. The minimum absolute atomic E-state index is 0.0423. The second-order valence-corrected chi connectivity index (χ2v) is 11.6. The maximum atomic E-state index is 13.0. The Morgan fingerprint density at radius 1 is 1.21 bits per heavy atom. The molecule has 0 aromatic carbocycles. The number of carbonyl (C=O) groups is 1. The molecular weight excluding hydrogens is 480 g/mol. The van der Waals surface area contributed by atoms with E-state index in [1.54, 1.807) is 0 Å². The van der Waals surface area contributed by atoms with E-state index in [2.05, 4.69) is 25.4 Å². The lowest BCUT2D eigenvalue weighted by Gasteiger charge is -2.31. The Morgan fingerprint density at radius 2 is 1.97 bits per heavy atom. The summed E-state index contributed by atoms with van der Waals surface area (Å²) in [4.78, 5) is 20.4. The summed E-state index contributed by atoms with van der Waals surface area (Å²) in [6, 6.07) is 0.254. The Bertz CT molecular complexity index is 954. The van der Waals surface area contributed by atoms with E-state index >= 15 is 0 Å². The fraction of sp³-hybridized carbons (Fsp3) is 0.739. The number of nitrogens with zero attached hydrogens (tertiary/aromatic N) is 4. The van der Waals surface area contributed by atoms with E-state index < -0.39 is 12.5 Å². The molecule has 0 radical (unpaired) electrons. The Kier molecular flexibility index (Phi) is 8.47. The van der Waals surface area contributed by atoms with E-state index in [1.807, 2.05) is 6.92 Å². The molecule has 2 aromatic rings. The lowest BCUT2D eigenvalue weighted by molar-refractivity contribution is -0.121. The number of fused-ring (bicyclic) bond motifs is 1. The Hall–Kier alpha value is -1.72. The van der Waals surface area contributed by atoms with Crippen molar-refractivity contribution in [3.63, 3.8) is 0 Å². The van der Waals surface area contributed by atoms with Crippen LogP contribution in [0.15, 0.2) is 0 Å². The molecule has 1 fully saturated rings. The van der Waals surface area contributed by atoms with Gasteiger partial charge in [0.15, 0.2) is 6.61 Å². The van der Waals surface area contributed by atoms with Crippen LogP contribution in [0.2, 0.25) is 0 Å². The summed E-state index contributed by atoms with van der Waals surface area (Å²) in [5.41, 5.74) is 0.971. The molecule has 0 bridgehead atoms. The molecule has 0 saturated heterocycles. The number of halogens is 2. The van der Waals surface area contributed by atoms with Crippen LogP contribution in [0, 0.1) is 5.92 Å². The lowest BCUT2D eigenvalue weighted by Crippen LogP contribution is -2.39. The first-order chi connectivity index (χ1) is 16.3. The monoisotopic (exact) mass is 513 g/mol. The summed E-state index contributed by atoms with van der Waals surface area (Å²) in [5.74, 6) is -2.14. The Morgan fingerprint density at radius 3 is 2.68 bits per heavy atom. The molecule has 34 heavy (non-hydrogen) atoms. The molecule has 3 heterocycles. The summed E-state index contributed by atoms with van der Waals surface area (Å²) in [5, 5.41) is 13.5. The van der Waals surface area contributed by atoms with E-state index in [4.69, 9.17) is 4.74 Å². The topological polar surface area (TPSA) is 80.2 Å². The van der Waals surface area contributed by atoms with Gasteiger partial charge in [-0.2, -0.15) is 0 Å². The summed E-state index contributed by atoms with van der Waals surface area (Å²) >= 11 is 2.91. The molecule has 0 unspecified atom stereocenters. The molecule has 7 nitrogen and oxygen atoms in total. The predicted octanol–water partition coefficient (Wildman–Crippen LogP) is 4.26. The van der Waals surface area contributed by atoms with Crippen molar-refractivity contribution in [3.8, 4) is 5.19 Å². The SMILES string of the molecule is CCc1nnc(CC(=O)N[C@H]2CC[C@H](CCN3CCc4sc(OCC(C)(F)F)nc4C3)CC2)s1. The fourth-order valence-corrected chi connectivity index (χ4v) is 6.24. The van der Waals surface area contributed by atoms with Crippen molar-refractivity contribution in [1.29, 1.82) is 0 Å². The molecule has 2 aliphatic rings. The average molecular weight is 514 g/mol. The predicted molar refractivity (Wildman–Crippen MR) is 129 cm³/mol. The highest BCUT2D eigenvalue weighted by Crippen LogP contribution is 2.32. The molecular formula is C23H33F2N5O2S2. The highest BCUT2D eigenvalue weighted by molar-refractivity contribution is 7.13. The van der Waals surface area contributed by atoms with Crippen molar-refractivity contribution in [2.75, 3.05) is 19.7 Å². The quantitative estimate of drug-likeness (QED) is 0.512. The van der Waals surface area contributed by atoms with Gasteiger partial charge in [-0.25, -0.2) is 13.8 Å². The van der Waals surface area contributed by atoms with E-state index in [0.29, 0.717) is 17.5 Å². The third-order valence-electron chi connectivity index (χ3n) is 6.42. The van der Waals surface area contributed by atoms with E-state index in [9.17, 15) is 13.6 Å². The summed E-state index contributed by atoms with van der Waals surface area (Å²) in [7, 11) is 0. The number of hydrogen-bond donors (Lipinski definition) is 1. The third-order valence-corrected chi connectivity index (χ3v) is 8.56.